The first kappa shape index (κ1) is 16.7. The maximum Gasteiger partial charge on any atom is 0.261 e. The van der Waals surface area contributed by atoms with Gasteiger partial charge in [0.1, 0.15) is 5.75 Å². The first-order valence-electron chi connectivity index (χ1n) is 8.28. The minimum absolute atomic E-state index is 0.248. The Balaban J connectivity index is 1.56. The molecular weight excluding hydrogens is 324 g/mol. The van der Waals surface area contributed by atoms with Crippen molar-refractivity contribution in [3.8, 4) is 5.75 Å². The van der Waals surface area contributed by atoms with Gasteiger partial charge in [0.05, 0.1) is 12.7 Å². The lowest BCUT2D eigenvalue weighted by molar-refractivity contribution is 0.102. The number of anilines is 2. The molecule has 128 valence electrons. The van der Waals surface area contributed by atoms with Gasteiger partial charge < -0.3 is 10.1 Å². The molecule has 1 aliphatic carbocycles. The van der Waals surface area contributed by atoms with Crippen LogP contribution in [0.1, 0.15) is 42.5 Å². The van der Waals surface area contributed by atoms with Crippen LogP contribution >= 0.6 is 11.3 Å². The molecule has 6 nitrogen and oxygen atoms in total. The second-order valence-corrected chi connectivity index (χ2v) is 6.93. The van der Waals surface area contributed by atoms with E-state index in [9.17, 15) is 4.79 Å². The van der Waals surface area contributed by atoms with Crippen LogP contribution in [0.4, 0.5) is 10.3 Å². The zero-order chi connectivity index (χ0) is 16.8. The predicted molar refractivity (Wildman–Crippen MR) is 95.9 cm³/mol. The molecule has 1 saturated carbocycles. The van der Waals surface area contributed by atoms with E-state index in [4.69, 9.17) is 4.74 Å². The summed E-state index contributed by atoms with van der Waals surface area (Å²) < 4.78 is 5.21. The van der Waals surface area contributed by atoms with E-state index in [0.29, 0.717) is 22.4 Å². The normalized spacial score (nSPS) is 15.0. The lowest BCUT2D eigenvalue weighted by atomic mass is 9.89. The smallest absolute Gasteiger partial charge is 0.261 e. The molecule has 0 unspecified atom stereocenters. The van der Waals surface area contributed by atoms with Crippen LogP contribution in [0.25, 0.3) is 0 Å². The van der Waals surface area contributed by atoms with Crippen LogP contribution in [-0.4, -0.2) is 29.8 Å². The van der Waals surface area contributed by atoms with Crippen molar-refractivity contribution in [1.29, 1.82) is 0 Å². The second-order valence-electron chi connectivity index (χ2n) is 5.95. The van der Waals surface area contributed by atoms with E-state index >= 15 is 0 Å². The van der Waals surface area contributed by atoms with E-state index < -0.39 is 0 Å². The van der Waals surface area contributed by atoms with Crippen LogP contribution in [0, 0.1) is 5.92 Å². The van der Waals surface area contributed by atoms with Gasteiger partial charge in [0.15, 0.2) is 0 Å². The zero-order valence-electron chi connectivity index (χ0n) is 13.7. The van der Waals surface area contributed by atoms with Gasteiger partial charge in [-0.1, -0.05) is 42.7 Å². The van der Waals surface area contributed by atoms with Crippen molar-refractivity contribution in [3.63, 3.8) is 0 Å². The van der Waals surface area contributed by atoms with Gasteiger partial charge in [-0.2, -0.15) is 0 Å². The summed E-state index contributed by atoms with van der Waals surface area (Å²) in [7, 11) is 1.55. The predicted octanol–water partition coefficient (Wildman–Crippen LogP) is 3.79. The Morgan fingerprint density at radius 3 is 2.75 bits per heavy atom. The van der Waals surface area contributed by atoms with Crippen molar-refractivity contribution in [2.24, 2.45) is 5.92 Å². The molecule has 1 fully saturated rings. The molecule has 1 aliphatic rings. The number of benzene rings is 1. The Kier molecular flexibility index (Phi) is 5.63. The summed E-state index contributed by atoms with van der Waals surface area (Å²) in [6.45, 7) is 0.926. The van der Waals surface area contributed by atoms with Gasteiger partial charge in [0, 0.05) is 6.54 Å². The Morgan fingerprint density at radius 1 is 1.21 bits per heavy atom. The number of hydrogen-bond acceptors (Lipinski definition) is 6. The Hall–Kier alpha value is -2.15. The van der Waals surface area contributed by atoms with E-state index in [1.807, 2.05) is 6.07 Å². The molecule has 0 spiro atoms. The lowest BCUT2D eigenvalue weighted by Gasteiger charge is -2.21. The number of amides is 1. The van der Waals surface area contributed by atoms with Gasteiger partial charge >= 0.3 is 0 Å². The lowest BCUT2D eigenvalue weighted by Crippen LogP contribution is -2.16. The minimum atomic E-state index is -0.248. The van der Waals surface area contributed by atoms with Crippen LogP contribution in [0.15, 0.2) is 24.3 Å². The average Bonchev–Trinajstić information content (AvgIpc) is 3.08. The van der Waals surface area contributed by atoms with E-state index in [1.54, 1.807) is 25.3 Å². The van der Waals surface area contributed by atoms with Crippen LogP contribution in [0.5, 0.6) is 5.75 Å². The molecule has 0 atom stereocenters. The number of carbonyl (C=O) groups is 1. The molecule has 2 N–H and O–H groups in total. The highest BCUT2D eigenvalue weighted by atomic mass is 32.1. The fraction of sp³-hybridized carbons (Fsp3) is 0.471. The average molecular weight is 346 g/mol. The number of hydrogen-bond donors (Lipinski definition) is 2. The molecule has 3 rings (SSSR count). The molecule has 1 aromatic heterocycles. The third-order valence-corrected chi connectivity index (χ3v) is 5.06. The molecule has 0 radical (unpaired) electrons. The highest BCUT2D eigenvalue weighted by Gasteiger charge is 2.16. The van der Waals surface area contributed by atoms with Gasteiger partial charge in [-0.3, -0.25) is 10.1 Å². The van der Waals surface area contributed by atoms with Crippen molar-refractivity contribution >= 4 is 27.5 Å². The maximum absolute atomic E-state index is 12.3. The number of ether oxygens (including phenoxy) is 1. The van der Waals surface area contributed by atoms with Crippen LogP contribution in [0.3, 0.4) is 0 Å². The number of nitrogens with one attached hydrogen (secondary N) is 2. The zero-order valence-corrected chi connectivity index (χ0v) is 14.6. The van der Waals surface area contributed by atoms with Gasteiger partial charge in [0.2, 0.25) is 10.3 Å². The topological polar surface area (TPSA) is 76.1 Å². The number of carbonyl (C=O) groups excluding carboxylic acids is 1. The largest absolute Gasteiger partial charge is 0.496 e. The fourth-order valence-corrected chi connectivity index (χ4v) is 3.61. The van der Waals surface area contributed by atoms with E-state index in [-0.39, 0.29) is 5.91 Å². The van der Waals surface area contributed by atoms with Crippen molar-refractivity contribution in [2.45, 2.75) is 32.1 Å². The highest BCUT2D eigenvalue weighted by Crippen LogP contribution is 2.26. The molecule has 24 heavy (non-hydrogen) atoms. The number of para-hydroxylation sites is 1. The van der Waals surface area contributed by atoms with Crippen LogP contribution in [0.2, 0.25) is 0 Å². The summed E-state index contributed by atoms with van der Waals surface area (Å²) in [4.78, 5) is 12.3. The van der Waals surface area contributed by atoms with Crippen molar-refractivity contribution in [1.82, 2.24) is 10.2 Å². The first-order valence-corrected chi connectivity index (χ1v) is 9.09. The van der Waals surface area contributed by atoms with Gasteiger partial charge in [-0.05, 0) is 30.9 Å². The minimum Gasteiger partial charge on any atom is -0.496 e. The molecule has 1 aromatic carbocycles. The molecule has 0 saturated heterocycles. The summed E-state index contributed by atoms with van der Waals surface area (Å²) in [5.41, 5.74) is 0.479. The molecule has 1 heterocycles. The quantitative estimate of drug-likeness (QED) is 0.832. The van der Waals surface area contributed by atoms with Gasteiger partial charge in [-0.15, -0.1) is 10.2 Å². The fourth-order valence-electron chi connectivity index (χ4n) is 2.96. The number of rotatable bonds is 6. The Morgan fingerprint density at radius 2 is 1.96 bits per heavy atom. The maximum atomic E-state index is 12.3. The molecule has 1 amide bonds. The summed E-state index contributed by atoms with van der Waals surface area (Å²) in [6, 6.07) is 7.10. The molecule has 0 bridgehead atoms. The van der Waals surface area contributed by atoms with E-state index in [2.05, 4.69) is 20.8 Å². The first-order chi connectivity index (χ1) is 11.8. The monoisotopic (exact) mass is 346 g/mol. The molecule has 2 aromatic rings. The third kappa shape index (κ3) is 4.23. The Bertz CT molecular complexity index is 683. The molecule has 0 aliphatic heterocycles. The third-order valence-electron chi connectivity index (χ3n) is 4.26. The molecule has 7 heteroatoms. The van der Waals surface area contributed by atoms with Gasteiger partial charge in [-0.25, -0.2) is 0 Å². The van der Waals surface area contributed by atoms with E-state index in [0.717, 1.165) is 11.7 Å². The van der Waals surface area contributed by atoms with Crippen molar-refractivity contribution in [3.05, 3.63) is 29.8 Å². The number of nitrogens with zero attached hydrogens (tertiary/aromatic N) is 2. The molecular formula is C17H22N4O2S. The van der Waals surface area contributed by atoms with E-state index in [1.165, 1.54) is 43.4 Å². The summed E-state index contributed by atoms with van der Waals surface area (Å²) in [5, 5.41) is 15.5. The Labute approximate surface area is 145 Å². The van der Waals surface area contributed by atoms with Gasteiger partial charge in [0.25, 0.3) is 5.91 Å². The second kappa shape index (κ2) is 8.10. The number of aromatic nitrogens is 2. The summed E-state index contributed by atoms with van der Waals surface area (Å²) >= 11 is 1.35. The number of methoxy groups -OCH3 is 1. The highest BCUT2D eigenvalue weighted by molar-refractivity contribution is 7.19. The van der Waals surface area contributed by atoms with Crippen LogP contribution < -0.4 is 15.4 Å². The standard InChI is InChI=1S/C17H22N4O2S/c1-23-14-10-6-5-9-13(14)15(22)19-17-21-20-16(24-17)18-11-12-7-3-2-4-8-12/h5-6,9-10,12H,2-4,7-8,11H2,1H3,(H,18,20)(H,19,21,22). The van der Waals surface area contributed by atoms with Crippen molar-refractivity contribution in [2.75, 3.05) is 24.3 Å². The summed E-state index contributed by atoms with van der Waals surface area (Å²) in [5.74, 6) is 1.01. The summed E-state index contributed by atoms with van der Waals surface area (Å²) in [6.07, 6.45) is 6.56. The SMILES string of the molecule is COc1ccccc1C(=O)Nc1nnc(NCC2CCCCC2)s1. The van der Waals surface area contributed by atoms with Crippen molar-refractivity contribution < 1.29 is 9.53 Å². The van der Waals surface area contributed by atoms with Crippen LogP contribution in [-0.2, 0) is 0 Å².